The highest BCUT2D eigenvalue weighted by atomic mass is 79.9. The molecule has 2 amide bonds. The molecule has 0 unspecified atom stereocenters. The Hall–Kier alpha value is -1.82. The molecule has 0 atom stereocenters. The lowest BCUT2D eigenvalue weighted by atomic mass is 9.84. The average molecular weight is 955 g/mol. The third-order valence-corrected chi connectivity index (χ3v) is 18.3. The minimum absolute atomic E-state index is 0.000262. The summed E-state index contributed by atoms with van der Waals surface area (Å²) in [4.78, 5) is 41.7. The number of fused-ring (bicyclic) bond motifs is 7. The molecule has 4 aliphatic rings. The highest BCUT2D eigenvalue weighted by Crippen LogP contribution is 2.60. The highest BCUT2D eigenvalue weighted by Gasteiger charge is 2.51. The van der Waals surface area contributed by atoms with Gasteiger partial charge in [-0.2, -0.15) is 0 Å². The van der Waals surface area contributed by atoms with Gasteiger partial charge in [0.2, 0.25) is 0 Å². The maximum absolute atomic E-state index is 15.2. The van der Waals surface area contributed by atoms with Gasteiger partial charge >= 0.3 is 0 Å². The van der Waals surface area contributed by atoms with Gasteiger partial charge in [0.1, 0.15) is 0 Å². The number of hydrogen-bond donors (Lipinski definition) is 0. The minimum atomic E-state index is -0.151. The molecule has 8 rings (SSSR count). The van der Waals surface area contributed by atoms with E-state index in [4.69, 9.17) is 0 Å². The van der Waals surface area contributed by atoms with Crippen molar-refractivity contribution in [2.45, 2.75) is 130 Å². The molecule has 4 aromatic heterocycles. The SMILES string of the molecule is CC(C)CCCCCCN1C(=O)C2=C(c3cc4c(s3)-c3sc(Br)cc3C4(C)C)N(CCCCCCC(C)C)C(=O)C2=C1c1cc2c(s1)-c1sc(Br)cc1C2(C)C. The van der Waals surface area contributed by atoms with Crippen molar-refractivity contribution in [3.63, 3.8) is 0 Å². The molecule has 6 heterocycles. The molecule has 2 aliphatic heterocycles. The van der Waals surface area contributed by atoms with Crippen LogP contribution >= 0.6 is 77.2 Å². The maximum atomic E-state index is 15.2. The number of unbranched alkanes of at least 4 members (excludes halogenated alkanes) is 6. The fourth-order valence-corrected chi connectivity index (χ4v) is 15.8. The topological polar surface area (TPSA) is 40.6 Å². The predicted molar refractivity (Wildman–Crippen MR) is 248 cm³/mol. The van der Waals surface area contributed by atoms with Crippen LogP contribution in [0.1, 0.15) is 152 Å². The van der Waals surface area contributed by atoms with Crippen LogP contribution in [0.5, 0.6) is 0 Å². The van der Waals surface area contributed by atoms with Gasteiger partial charge < -0.3 is 9.80 Å². The van der Waals surface area contributed by atoms with Crippen LogP contribution in [0.15, 0.2) is 43.0 Å². The summed E-state index contributed by atoms with van der Waals surface area (Å²) in [6.45, 7) is 19.6. The van der Waals surface area contributed by atoms with E-state index in [9.17, 15) is 0 Å². The minimum Gasteiger partial charge on any atom is -0.306 e. The van der Waals surface area contributed by atoms with E-state index in [1.165, 1.54) is 80.3 Å². The smallest absolute Gasteiger partial charge is 0.261 e. The summed E-state index contributed by atoms with van der Waals surface area (Å²) in [5.74, 6) is 1.41. The van der Waals surface area contributed by atoms with E-state index in [1.807, 2.05) is 9.80 Å². The van der Waals surface area contributed by atoms with Gasteiger partial charge in [0, 0.05) is 43.4 Å². The zero-order chi connectivity index (χ0) is 39.8. The average Bonchev–Trinajstić information content (AvgIpc) is 3.99. The summed E-state index contributed by atoms with van der Waals surface area (Å²) < 4.78 is 2.28. The van der Waals surface area contributed by atoms with Crippen molar-refractivity contribution in [3.05, 3.63) is 75.0 Å². The largest absolute Gasteiger partial charge is 0.306 e. The second kappa shape index (κ2) is 15.7. The summed E-state index contributed by atoms with van der Waals surface area (Å²) in [7, 11) is 0. The number of rotatable bonds is 16. The van der Waals surface area contributed by atoms with E-state index in [2.05, 4.69) is 112 Å². The van der Waals surface area contributed by atoms with Crippen LogP contribution in [0.3, 0.4) is 0 Å². The number of nitrogens with zero attached hydrogens (tertiary/aromatic N) is 2. The molecular formula is C46H54Br2N2O2S4. The van der Waals surface area contributed by atoms with Crippen LogP contribution in [0.2, 0.25) is 0 Å². The van der Waals surface area contributed by atoms with Crippen molar-refractivity contribution in [1.29, 1.82) is 0 Å². The Morgan fingerprint density at radius 3 is 1.23 bits per heavy atom. The lowest BCUT2D eigenvalue weighted by Gasteiger charge is -2.25. The quantitative estimate of drug-likeness (QED) is 0.105. The third kappa shape index (κ3) is 6.96. The molecule has 298 valence electrons. The van der Waals surface area contributed by atoms with Crippen LogP contribution in [0.4, 0.5) is 0 Å². The normalized spacial score (nSPS) is 17.7. The second-order valence-electron chi connectivity index (χ2n) is 18.1. The number of thiophene rings is 4. The van der Waals surface area contributed by atoms with Crippen LogP contribution in [0.25, 0.3) is 30.9 Å². The predicted octanol–water partition coefficient (Wildman–Crippen LogP) is 15.1. The first kappa shape index (κ1) is 40.9. The number of hydrogen-bond acceptors (Lipinski definition) is 6. The molecule has 56 heavy (non-hydrogen) atoms. The number of halogens is 2. The summed E-state index contributed by atoms with van der Waals surface area (Å²) >= 11 is 14.6. The molecule has 0 N–H and O–H groups in total. The molecule has 0 saturated carbocycles. The molecule has 0 aromatic carbocycles. The van der Waals surface area contributed by atoms with E-state index >= 15 is 9.59 Å². The Morgan fingerprint density at radius 2 is 0.857 bits per heavy atom. The van der Waals surface area contributed by atoms with E-state index in [0.717, 1.165) is 54.4 Å². The summed E-state index contributed by atoms with van der Waals surface area (Å²) in [6.07, 6.45) is 11.2. The molecule has 2 aliphatic carbocycles. The first-order valence-electron chi connectivity index (χ1n) is 20.6. The summed E-state index contributed by atoms with van der Waals surface area (Å²) in [5.41, 5.74) is 7.96. The Bertz CT molecular complexity index is 2120. The molecule has 0 fully saturated rings. The van der Waals surface area contributed by atoms with Gasteiger partial charge in [-0.15, -0.1) is 45.3 Å². The fraction of sp³-hybridized carbons (Fsp3) is 0.522. The van der Waals surface area contributed by atoms with E-state index < -0.39 is 0 Å². The van der Waals surface area contributed by atoms with Crippen molar-refractivity contribution in [2.24, 2.45) is 11.8 Å². The molecule has 10 heteroatoms. The Labute approximate surface area is 366 Å². The Kier molecular flexibility index (Phi) is 11.4. The fourth-order valence-electron chi connectivity index (χ4n) is 9.25. The molecule has 0 saturated heterocycles. The van der Waals surface area contributed by atoms with Crippen LogP contribution in [0, 0.1) is 11.8 Å². The van der Waals surface area contributed by atoms with Crippen molar-refractivity contribution < 1.29 is 9.59 Å². The van der Waals surface area contributed by atoms with Crippen molar-refractivity contribution in [3.8, 4) is 19.5 Å². The Balaban J connectivity index is 1.23. The third-order valence-electron chi connectivity index (χ3n) is 12.4. The lowest BCUT2D eigenvalue weighted by molar-refractivity contribution is -0.124. The van der Waals surface area contributed by atoms with Crippen molar-refractivity contribution >= 4 is 100 Å². The maximum Gasteiger partial charge on any atom is 0.261 e. The highest BCUT2D eigenvalue weighted by molar-refractivity contribution is 9.11. The van der Waals surface area contributed by atoms with E-state index in [0.29, 0.717) is 36.1 Å². The monoisotopic (exact) mass is 952 g/mol. The molecule has 0 spiro atoms. The molecule has 0 radical (unpaired) electrons. The number of carbonyl (C=O) groups is 2. The van der Waals surface area contributed by atoms with Gasteiger partial charge in [-0.1, -0.05) is 107 Å². The first-order chi connectivity index (χ1) is 26.6. The first-order valence-corrected chi connectivity index (χ1v) is 25.5. The van der Waals surface area contributed by atoms with Gasteiger partial charge in [-0.05, 0) is 103 Å². The molecule has 0 bridgehead atoms. The molecule has 4 nitrogen and oxygen atoms in total. The second-order valence-corrected chi connectivity index (χ2v) is 25.1. The van der Waals surface area contributed by atoms with Gasteiger partial charge in [-0.25, -0.2) is 0 Å². The molecule has 4 aromatic rings. The van der Waals surface area contributed by atoms with Crippen LogP contribution < -0.4 is 0 Å². The zero-order valence-electron chi connectivity index (χ0n) is 34.0. The van der Waals surface area contributed by atoms with Crippen LogP contribution in [-0.4, -0.2) is 34.7 Å². The van der Waals surface area contributed by atoms with Crippen molar-refractivity contribution in [2.75, 3.05) is 13.1 Å². The summed E-state index contributed by atoms with van der Waals surface area (Å²) in [6, 6.07) is 9.17. The zero-order valence-corrected chi connectivity index (χ0v) is 40.5. The van der Waals surface area contributed by atoms with Crippen molar-refractivity contribution in [1.82, 2.24) is 9.80 Å². The van der Waals surface area contributed by atoms with Gasteiger partial charge in [0.15, 0.2) is 0 Å². The van der Waals surface area contributed by atoms with Crippen LogP contribution in [-0.2, 0) is 20.4 Å². The number of amides is 2. The molecular weight excluding hydrogens is 901 g/mol. The van der Waals surface area contributed by atoms with Gasteiger partial charge in [0.05, 0.1) is 39.9 Å². The van der Waals surface area contributed by atoms with Gasteiger partial charge in [-0.3, -0.25) is 9.59 Å². The van der Waals surface area contributed by atoms with E-state index in [1.54, 1.807) is 45.3 Å². The van der Waals surface area contributed by atoms with Gasteiger partial charge in [0.25, 0.3) is 11.8 Å². The van der Waals surface area contributed by atoms with E-state index in [-0.39, 0.29) is 22.6 Å². The summed E-state index contributed by atoms with van der Waals surface area (Å²) in [5, 5.41) is 0. The lowest BCUT2D eigenvalue weighted by Crippen LogP contribution is -2.30. The number of carbonyl (C=O) groups excluding carboxylic acids is 2. The Morgan fingerprint density at radius 1 is 0.518 bits per heavy atom. The standard InChI is InChI=1S/C46H54Br2N2O2S4/c1-25(2)17-13-9-11-15-19-49-37(31-21-27-39(53-31)41-29(45(27,5)6)23-33(47)55-41)35-36(43(49)51)38(50(44(35)52)20-16-12-10-14-18-26(3)4)32-22-28-40(54-32)42-30(46(28,7)8)24-34(48)56-42/h21-26H,9-20H2,1-8H3.